The van der Waals surface area contributed by atoms with E-state index >= 15 is 0 Å². The molecule has 2 aliphatic heterocycles. The molecule has 2 rings (SSSR count). The highest BCUT2D eigenvalue weighted by molar-refractivity contribution is 5.80. The minimum absolute atomic E-state index is 0.0577. The van der Waals surface area contributed by atoms with Crippen molar-refractivity contribution in [3.8, 4) is 0 Å². The molecule has 1 spiro atoms. The van der Waals surface area contributed by atoms with E-state index in [1.807, 2.05) is 20.8 Å². The highest BCUT2D eigenvalue weighted by Crippen LogP contribution is 2.44. The van der Waals surface area contributed by atoms with E-state index in [1.54, 1.807) is 4.90 Å². The Bertz CT molecular complexity index is 466. The van der Waals surface area contributed by atoms with Crippen LogP contribution in [0.15, 0.2) is 0 Å². The molecule has 0 radical (unpaired) electrons. The molecular weight excluding hydrogens is 312 g/mol. The normalized spacial score (nSPS) is 24.7. The Kier molecular flexibility index (Phi) is 5.75. The molecule has 2 saturated heterocycles. The Morgan fingerprint density at radius 3 is 2.54 bits per heavy atom. The van der Waals surface area contributed by atoms with E-state index in [1.165, 1.54) is 6.92 Å². The topological polar surface area (TPSA) is 88.1 Å². The molecule has 24 heavy (non-hydrogen) atoms. The largest absolute Gasteiger partial charge is 0.444 e. The molecule has 0 aromatic rings. The fraction of sp³-hybridized carbons (Fsp3) is 0.882. The zero-order chi connectivity index (χ0) is 18.0. The highest BCUT2D eigenvalue weighted by Gasteiger charge is 2.48. The predicted octanol–water partition coefficient (Wildman–Crippen LogP) is 1.15. The predicted molar refractivity (Wildman–Crippen MR) is 88.5 cm³/mol. The third kappa shape index (κ3) is 4.60. The van der Waals surface area contributed by atoms with Crippen LogP contribution in [0.5, 0.6) is 0 Å². The zero-order valence-corrected chi connectivity index (χ0v) is 15.1. The van der Waals surface area contributed by atoms with Crippen LogP contribution in [0.3, 0.4) is 0 Å². The Hall–Kier alpha value is -1.34. The van der Waals surface area contributed by atoms with Crippen LogP contribution in [0.25, 0.3) is 0 Å². The molecule has 0 aromatic heterocycles. The lowest BCUT2D eigenvalue weighted by molar-refractivity contribution is -0.138. The second kappa shape index (κ2) is 7.27. The summed E-state index contributed by atoms with van der Waals surface area (Å²) in [6.45, 7) is 9.91. The summed E-state index contributed by atoms with van der Waals surface area (Å²) < 4.78 is 10.8. The number of ether oxygens (including phenoxy) is 2. The summed E-state index contributed by atoms with van der Waals surface area (Å²) in [5.41, 5.74) is -0.595. The van der Waals surface area contributed by atoms with Gasteiger partial charge in [-0.05, 0) is 46.0 Å². The summed E-state index contributed by atoms with van der Waals surface area (Å²) in [5.74, 6) is -0.114. The van der Waals surface area contributed by atoms with Gasteiger partial charge in [0.15, 0.2) is 0 Å². The Balaban J connectivity index is 2.02. The Morgan fingerprint density at radius 2 is 2.00 bits per heavy atom. The average Bonchev–Trinajstić information content (AvgIpc) is 2.81. The van der Waals surface area contributed by atoms with Crippen molar-refractivity contribution in [3.05, 3.63) is 0 Å². The summed E-state index contributed by atoms with van der Waals surface area (Å²) in [4.78, 5) is 25.8. The van der Waals surface area contributed by atoms with Gasteiger partial charge in [-0.1, -0.05) is 0 Å². The first-order chi connectivity index (χ1) is 11.1. The first-order valence-electron chi connectivity index (χ1n) is 8.64. The molecule has 138 valence electrons. The Morgan fingerprint density at radius 1 is 1.38 bits per heavy atom. The lowest BCUT2D eigenvalue weighted by Gasteiger charge is -2.38. The molecule has 2 aliphatic rings. The fourth-order valence-electron chi connectivity index (χ4n) is 3.61. The molecule has 2 fully saturated rings. The molecular formula is C17H30N2O5. The summed E-state index contributed by atoms with van der Waals surface area (Å²) in [7, 11) is 0. The number of hydrogen-bond acceptors (Lipinski definition) is 5. The van der Waals surface area contributed by atoms with E-state index in [0.29, 0.717) is 32.8 Å². The molecule has 2 heterocycles. The van der Waals surface area contributed by atoms with Gasteiger partial charge in [0.05, 0.1) is 0 Å². The summed E-state index contributed by atoms with van der Waals surface area (Å²) in [6, 6.07) is 0. The van der Waals surface area contributed by atoms with Gasteiger partial charge in [0, 0.05) is 38.8 Å². The average molecular weight is 342 g/mol. The van der Waals surface area contributed by atoms with Gasteiger partial charge in [-0.3, -0.25) is 4.79 Å². The number of nitrogens with zero attached hydrogens (tertiary/aromatic N) is 1. The number of carbonyl (C=O) groups is 2. The first-order valence-corrected chi connectivity index (χ1v) is 8.64. The molecule has 0 saturated carbocycles. The molecule has 7 nitrogen and oxygen atoms in total. The number of hydrogen-bond donors (Lipinski definition) is 2. The molecule has 2 atom stereocenters. The van der Waals surface area contributed by atoms with Gasteiger partial charge in [0.25, 0.3) is 5.91 Å². The number of carbonyl (C=O) groups excluding carboxylic acids is 2. The van der Waals surface area contributed by atoms with E-state index in [2.05, 4.69) is 5.32 Å². The van der Waals surface area contributed by atoms with Crippen LogP contribution in [-0.4, -0.2) is 66.6 Å². The summed E-state index contributed by atoms with van der Waals surface area (Å²) in [6.07, 6.45) is 0.276. The van der Waals surface area contributed by atoms with Crippen molar-refractivity contribution in [2.75, 3.05) is 32.8 Å². The van der Waals surface area contributed by atoms with Gasteiger partial charge >= 0.3 is 6.09 Å². The molecule has 0 bridgehead atoms. The van der Waals surface area contributed by atoms with Crippen LogP contribution in [-0.2, 0) is 14.3 Å². The van der Waals surface area contributed by atoms with E-state index in [-0.39, 0.29) is 17.2 Å². The van der Waals surface area contributed by atoms with Crippen molar-refractivity contribution in [2.45, 2.75) is 52.2 Å². The number of aliphatic hydroxyl groups is 1. The number of likely N-dealkylation sites (tertiary alicyclic amines) is 1. The number of amides is 2. The van der Waals surface area contributed by atoms with Crippen LogP contribution in [0.2, 0.25) is 0 Å². The highest BCUT2D eigenvalue weighted by atomic mass is 16.6. The molecule has 2 amide bonds. The second-order valence-corrected chi connectivity index (χ2v) is 7.95. The number of alkyl carbamates (subject to hydrolysis) is 1. The van der Waals surface area contributed by atoms with Crippen LogP contribution < -0.4 is 5.32 Å². The van der Waals surface area contributed by atoms with Crippen molar-refractivity contribution >= 4 is 12.0 Å². The van der Waals surface area contributed by atoms with E-state index in [9.17, 15) is 14.7 Å². The minimum Gasteiger partial charge on any atom is -0.444 e. The summed E-state index contributed by atoms with van der Waals surface area (Å²) >= 11 is 0. The maximum atomic E-state index is 12.2. The lowest BCUT2D eigenvalue weighted by atomic mass is 9.72. The third-order valence-corrected chi connectivity index (χ3v) is 4.86. The van der Waals surface area contributed by atoms with Crippen molar-refractivity contribution in [3.63, 3.8) is 0 Å². The smallest absolute Gasteiger partial charge is 0.407 e. The van der Waals surface area contributed by atoms with Gasteiger partial charge in [-0.25, -0.2) is 4.79 Å². The maximum Gasteiger partial charge on any atom is 0.407 e. The van der Waals surface area contributed by atoms with E-state index < -0.39 is 17.8 Å². The minimum atomic E-state index is -1.00. The molecule has 1 unspecified atom stereocenters. The molecule has 7 heteroatoms. The van der Waals surface area contributed by atoms with Gasteiger partial charge < -0.3 is 24.8 Å². The fourth-order valence-corrected chi connectivity index (χ4v) is 3.61. The second-order valence-electron chi connectivity index (χ2n) is 7.95. The van der Waals surface area contributed by atoms with Crippen LogP contribution in [0, 0.1) is 11.3 Å². The van der Waals surface area contributed by atoms with Crippen molar-refractivity contribution in [1.82, 2.24) is 10.2 Å². The van der Waals surface area contributed by atoms with Crippen LogP contribution >= 0.6 is 0 Å². The van der Waals surface area contributed by atoms with Crippen molar-refractivity contribution in [1.29, 1.82) is 0 Å². The van der Waals surface area contributed by atoms with Crippen LogP contribution in [0.4, 0.5) is 4.79 Å². The third-order valence-electron chi connectivity index (χ3n) is 4.86. The van der Waals surface area contributed by atoms with Gasteiger partial charge in [0.1, 0.15) is 11.7 Å². The van der Waals surface area contributed by atoms with Gasteiger partial charge in [-0.2, -0.15) is 0 Å². The molecule has 0 aromatic carbocycles. The maximum absolute atomic E-state index is 12.2. The van der Waals surface area contributed by atoms with E-state index in [0.717, 1.165) is 12.8 Å². The number of nitrogens with one attached hydrogen (secondary N) is 1. The summed E-state index contributed by atoms with van der Waals surface area (Å²) in [5, 5.41) is 12.4. The quantitative estimate of drug-likeness (QED) is 0.803. The molecule has 2 N–H and O–H groups in total. The number of aliphatic hydroxyl groups excluding tert-OH is 1. The van der Waals surface area contributed by atoms with E-state index in [4.69, 9.17) is 9.47 Å². The molecule has 0 aliphatic carbocycles. The first kappa shape index (κ1) is 19.0. The SMILES string of the molecule is C[C@@H](O)C(=O)N1CC(CNC(=O)OC(C)(C)C)C2(CCOCC2)C1. The lowest BCUT2D eigenvalue weighted by Crippen LogP contribution is -2.43. The van der Waals surface area contributed by atoms with Crippen molar-refractivity contribution < 1.29 is 24.2 Å². The van der Waals surface area contributed by atoms with Crippen LogP contribution in [0.1, 0.15) is 40.5 Å². The standard InChI is InChI=1S/C17H30N2O5/c1-12(20)14(21)19-10-13(9-18-15(22)24-16(2,3)4)17(11-19)5-7-23-8-6-17/h12-13,20H,5-11H2,1-4H3,(H,18,22)/t12-,13?/m1/s1. The monoisotopic (exact) mass is 342 g/mol. The zero-order valence-electron chi connectivity index (χ0n) is 15.1. The van der Waals surface area contributed by atoms with Crippen molar-refractivity contribution in [2.24, 2.45) is 11.3 Å². The van der Waals surface area contributed by atoms with Gasteiger partial charge in [-0.15, -0.1) is 0 Å². The van der Waals surface area contributed by atoms with Gasteiger partial charge in [0.2, 0.25) is 0 Å². The number of rotatable bonds is 3. The Labute approximate surface area is 143 Å².